The Morgan fingerprint density at radius 3 is 2.29 bits per heavy atom. The van der Waals surface area contributed by atoms with E-state index in [1.165, 1.54) is 16.7 Å². The normalized spacial score (nSPS) is 9.43. The van der Waals surface area contributed by atoms with E-state index in [1.54, 1.807) is 0 Å². The monoisotopic (exact) mass is 188 g/mol. The molecule has 0 nitrogen and oxygen atoms in total. The zero-order valence-electron chi connectivity index (χ0n) is 9.67. The molecule has 0 heterocycles. The van der Waals surface area contributed by atoms with Crippen molar-refractivity contribution >= 4 is 12.2 Å². The molecular formula is C14H20. The molecule has 1 rings (SSSR count). The second kappa shape index (κ2) is 7.14. The molecular weight excluding hydrogens is 168 g/mol. The van der Waals surface area contributed by atoms with Gasteiger partial charge >= 0.3 is 0 Å². The summed E-state index contributed by atoms with van der Waals surface area (Å²) >= 11 is 0. The zero-order chi connectivity index (χ0) is 11.0. The predicted molar refractivity (Wildman–Crippen MR) is 67.3 cm³/mol. The van der Waals surface area contributed by atoms with Crippen molar-refractivity contribution in [2.45, 2.75) is 27.7 Å². The maximum Gasteiger partial charge on any atom is -0.0187 e. The highest BCUT2D eigenvalue weighted by Gasteiger charge is 1.94. The largest absolute Gasteiger partial charge is 0.0984 e. The Morgan fingerprint density at radius 1 is 1.14 bits per heavy atom. The Balaban J connectivity index is 0.000000791. The molecule has 14 heavy (non-hydrogen) atoms. The van der Waals surface area contributed by atoms with Crippen molar-refractivity contribution in [2.24, 2.45) is 0 Å². The average Bonchev–Trinajstić information content (AvgIpc) is 2.24. The molecule has 0 radical (unpaired) electrons. The fourth-order valence-electron chi connectivity index (χ4n) is 1.20. The van der Waals surface area contributed by atoms with E-state index < -0.39 is 0 Å². The highest BCUT2D eigenvalue weighted by molar-refractivity contribution is 5.64. The summed E-state index contributed by atoms with van der Waals surface area (Å²) in [4.78, 5) is 0. The standard InChI is InChI=1S/C12H14.C2H6/c1-4-6-12-8-7-10(3)9-11(12)5-2;1-2/h4-9H,2H2,1,3H3;1-2H3/b6-4-;. The maximum absolute atomic E-state index is 3.78. The van der Waals surface area contributed by atoms with Gasteiger partial charge in [-0.15, -0.1) is 0 Å². The van der Waals surface area contributed by atoms with Crippen molar-refractivity contribution in [2.75, 3.05) is 0 Å². The summed E-state index contributed by atoms with van der Waals surface area (Å²) in [5.41, 5.74) is 3.71. The molecule has 1 aromatic rings. The van der Waals surface area contributed by atoms with Crippen LogP contribution in [0.3, 0.4) is 0 Å². The van der Waals surface area contributed by atoms with Gasteiger partial charge in [-0.2, -0.15) is 0 Å². The molecule has 0 unspecified atom stereocenters. The quantitative estimate of drug-likeness (QED) is 0.631. The van der Waals surface area contributed by atoms with Gasteiger partial charge in [-0.3, -0.25) is 0 Å². The van der Waals surface area contributed by atoms with Gasteiger partial charge in [0, 0.05) is 0 Å². The molecule has 0 aliphatic heterocycles. The van der Waals surface area contributed by atoms with Gasteiger partial charge in [0.2, 0.25) is 0 Å². The summed E-state index contributed by atoms with van der Waals surface area (Å²) in [6.45, 7) is 11.9. The van der Waals surface area contributed by atoms with Gasteiger partial charge in [0.15, 0.2) is 0 Å². The van der Waals surface area contributed by atoms with Crippen molar-refractivity contribution in [3.05, 3.63) is 47.5 Å². The number of allylic oxidation sites excluding steroid dienone is 1. The molecule has 0 bridgehead atoms. The highest BCUT2D eigenvalue weighted by atomic mass is 14.0. The van der Waals surface area contributed by atoms with Crippen LogP contribution < -0.4 is 0 Å². The van der Waals surface area contributed by atoms with Gasteiger partial charge in [0.1, 0.15) is 0 Å². The molecule has 76 valence electrons. The smallest absolute Gasteiger partial charge is 0.0187 e. The van der Waals surface area contributed by atoms with E-state index in [-0.39, 0.29) is 0 Å². The van der Waals surface area contributed by atoms with Crippen LogP contribution in [0.1, 0.15) is 37.5 Å². The van der Waals surface area contributed by atoms with Gasteiger partial charge < -0.3 is 0 Å². The van der Waals surface area contributed by atoms with Crippen LogP contribution in [0.5, 0.6) is 0 Å². The Morgan fingerprint density at radius 2 is 1.79 bits per heavy atom. The molecule has 0 saturated carbocycles. The lowest BCUT2D eigenvalue weighted by Crippen LogP contribution is -1.81. The van der Waals surface area contributed by atoms with E-state index in [2.05, 4.69) is 37.8 Å². The lowest BCUT2D eigenvalue weighted by Gasteiger charge is -2.01. The summed E-state index contributed by atoms with van der Waals surface area (Å²) < 4.78 is 0. The van der Waals surface area contributed by atoms with E-state index in [1.807, 2.05) is 32.9 Å². The first-order valence-corrected chi connectivity index (χ1v) is 5.13. The summed E-state index contributed by atoms with van der Waals surface area (Å²) in [7, 11) is 0. The Hall–Kier alpha value is -1.30. The third-order valence-corrected chi connectivity index (χ3v) is 1.81. The summed E-state index contributed by atoms with van der Waals surface area (Å²) in [5.74, 6) is 0. The number of hydrogen-bond donors (Lipinski definition) is 0. The summed E-state index contributed by atoms with van der Waals surface area (Å²) in [6.07, 6.45) is 6.02. The molecule has 0 aliphatic carbocycles. The van der Waals surface area contributed by atoms with Crippen LogP contribution in [0.25, 0.3) is 12.2 Å². The van der Waals surface area contributed by atoms with Crippen LogP contribution in [-0.4, -0.2) is 0 Å². The van der Waals surface area contributed by atoms with Crippen molar-refractivity contribution in [3.63, 3.8) is 0 Å². The lowest BCUT2D eigenvalue weighted by molar-refractivity contribution is 1.44. The van der Waals surface area contributed by atoms with Crippen LogP contribution >= 0.6 is 0 Å². The first-order valence-electron chi connectivity index (χ1n) is 5.13. The van der Waals surface area contributed by atoms with Crippen molar-refractivity contribution in [3.8, 4) is 0 Å². The van der Waals surface area contributed by atoms with E-state index in [4.69, 9.17) is 0 Å². The molecule has 0 fully saturated rings. The van der Waals surface area contributed by atoms with E-state index in [0.29, 0.717) is 0 Å². The Bertz CT molecular complexity index is 306. The minimum atomic E-state index is 1.20. The van der Waals surface area contributed by atoms with Crippen LogP contribution in [0.2, 0.25) is 0 Å². The topological polar surface area (TPSA) is 0 Å². The van der Waals surface area contributed by atoms with E-state index in [9.17, 15) is 0 Å². The summed E-state index contributed by atoms with van der Waals surface area (Å²) in [5, 5.41) is 0. The third-order valence-electron chi connectivity index (χ3n) is 1.81. The van der Waals surface area contributed by atoms with Gasteiger partial charge in [-0.25, -0.2) is 0 Å². The van der Waals surface area contributed by atoms with Gasteiger partial charge in [-0.1, -0.05) is 62.4 Å². The summed E-state index contributed by atoms with van der Waals surface area (Å²) in [6, 6.07) is 6.37. The van der Waals surface area contributed by atoms with E-state index in [0.717, 1.165) is 0 Å². The Labute approximate surface area is 88.0 Å². The average molecular weight is 188 g/mol. The number of benzene rings is 1. The van der Waals surface area contributed by atoms with Crippen molar-refractivity contribution in [1.82, 2.24) is 0 Å². The minimum absolute atomic E-state index is 1.20. The second-order valence-corrected chi connectivity index (χ2v) is 2.84. The fourth-order valence-corrected chi connectivity index (χ4v) is 1.20. The van der Waals surface area contributed by atoms with E-state index >= 15 is 0 Å². The molecule has 0 saturated heterocycles. The number of hydrogen-bond acceptors (Lipinski definition) is 0. The fraction of sp³-hybridized carbons (Fsp3) is 0.286. The Kier molecular flexibility index (Phi) is 6.47. The molecule has 0 N–H and O–H groups in total. The molecule has 0 aliphatic rings. The van der Waals surface area contributed by atoms with Crippen LogP contribution in [-0.2, 0) is 0 Å². The second-order valence-electron chi connectivity index (χ2n) is 2.84. The number of aryl methyl sites for hydroxylation is 1. The first kappa shape index (κ1) is 12.7. The van der Waals surface area contributed by atoms with Crippen LogP contribution in [0.4, 0.5) is 0 Å². The van der Waals surface area contributed by atoms with Gasteiger partial charge in [0.05, 0.1) is 0 Å². The predicted octanol–water partition coefficient (Wildman–Crippen LogP) is 4.70. The molecule has 0 spiro atoms. The van der Waals surface area contributed by atoms with Gasteiger partial charge in [-0.05, 0) is 25.0 Å². The van der Waals surface area contributed by atoms with Crippen LogP contribution in [0.15, 0.2) is 30.9 Å². The zero-order valence-corrected chi connectivity index (χ0v) is 9.67. The third kappa shape index (κ3) is 3.61. The minimum Gasteiger partial charge on any atom is -0.0984 e. The highest BCUT2D eigenvalue weighted by Crippen LogP contribution is 2.14. The molecule has 0 aromatic heterocycles. The van der Waals surface area contributed by atoms with Crippen molar-refractivity contribution < 1.29 is 0 Å². The molecule has 0 atom stereocenters. The van der Waals surface area contributed by atoms with Crippen LogP contribution in [0, 0.1) is 6.92 Å². The van der Waals surface area contributed by atoms with Gasteiger partial charge in [0.25, 0.3) is 0 Å². The SMILES string of the molecule is C=Cc1cc(C)ccc1/C=C\C.CC. The number of rotatable bonds is 2. The first-order chi connectivity index (χ1) is 6.77. The molecule has 0 amide bonds. The molecule has 1 aromatic carbocycles. The van der Waals surface area contributed by atoms with Crippen molar-refractivity contribution in [1.29, 1.82) is 0 Å². The molecule has 0 heteroatoms. The maximum atomic E-state index is 3.78. The lowest BCUT2D eigenvalue weighted by atomic mass is 10.0.